The number of fused-ring (bicyclic) bond motifs is 1. The van der Waals surface area contributed by atoms with Gasteiger partial charge < -0.3 is 19.1 Å². The molecule has 1 aliphatic heterocycles. The first kappa shape index (κ1) is 19.6. The summed E-state index contributed by atoms with van der Waals surface area (Å²) in [5.41, 5.74) is 3.17. The van der Waals surface area contributed by atoms with Crippen LogP contribution in [-0.4, -0.2) is 54.7 Å². The van der Waals surface area contributed by atoms with Crippen molar-refractivity contribution in [2.24, 2.45) is 0 Å². The summed E-state index contributed by atoms with van der Waals surface area (Å²) in [6.07, 6.45) is -0.526. The Hall–Kier alpha value is -2.68. The molecule has 0 saturated carbocycles. The predicted molar refractivity (Wildman–Crippen MR) is 110 cm³/mol. The average Bonchev–Trinajstić information content (AvgIpc) is 3.46. The molecule has 29 heavy (non-hydrogen) atoms. The number of methoxy groups -OCH3 is 2. The molecule has 0 spiro atoms. The zero-order chi connectivity index (χ0) is 20.4. The van der Waals surface area contributed by atoms with Gasteiger partial charge in [-0.15, -0.1) is 11.3 Å². The Balaban J connectivity index is 1.79. The van der Waals surface area contributed by atoms with Gasteiger partial charge in [-0.05, 0) is 36.1 Å². The minimum atomic E-state index is -0.526. The lowest BCUT2D eigenvalue weighted by molar-refractivity contribution is -0.113. The molecule has 0 radical (unpaired) electrons. The average molecular weight is 413 g/mol. The molecule has 1 aromatic carbocycles. The number of amides is 1. The van der Waals surface area contributed by atoms with Crippen molar-refractivity contribution in [3.63, 3.8) is 0 Å². The van der Waals surface area contributed by atoms with Gasteiger partial charge in [0.1, 0.15) is 5.75 Å². The van der Waals surface area contributed by atoms with Gasteiger partial charge in [-0.1, -0.05) is 18.2 Å². The summed E-state index contributed by atoms with van der Waals surface area (Å²) in [4.78, 5) is 16.0. The summed E-state index contributed by atoms with van der Waals surface area (Å²) in [6, 6.07) is 11.5. The van der Waals surface area contributed by atoms with E-state index in [0.717, 1.165) is 27.4 Å². The molecule has 0 aliphatic carbocycles. The van der Waals surface area contributed by atoms with Gasteiger partial charge in [0, 0.05) is 19.8 Å². The van der Waals surface area contributed by atoms with Crippen molar-refractivity contribution in [1.29, 1.82) is 0 Å². The van der Waals surface area contributed by atoms with E-state index in [0.29, 0.717) is 18.8 Å². The maximum absolute atomic E-state index is 13.2. The number of H-pyrrole nitrogens is 1. The van der Waals surface area contributed by atoms with Gasteiger partial charge in [0.15, 0.2) is 12.0 Å². The SMILES string of the molecule is CCOc1ccc(C2c3c(n[nH]c3-c3cccs3)C(=O)N2CC(OC)OC)cc1. The molecular weight excluding hydrogens is 390 g/mol. The molecule has 2 aromatic heterocycles. The van der Waals surface area contributed by atoms with Gasteiger partial charge in [-0.25, -0.2) is 0 Å². The first-order chi connectivity index (χ1) is 14.2. The van der Waals surface area contributed by atoms with E-state index in [9.17, 15) is 4.79 Å². The van der Waals surface area contributed by atoms with Crippen molar-refractivity contribution in [1.82, 2.24) is 15.1 Å². The number of rotatable bonds is 8. The monoisotopic (exact) mass is 413 g/mol. The van der Waals surface area contributed by atoms with Crippen molar-refractivity contribution < 1.29 is 19.0 Å². The molecule has 1 atom stereocenters. The van der Waals surface area contributed by atoms with Gasteiger partial charge in [0.25, 0.3) is 5.91 Å². The quantitative estimate of drug-likeness (QED) is 0.570. The highest BCUT2D eigenvalue weighted by Crippen LogP contribution is 2.44. The predicted octanol–water partition coefficient (Wildman–Crippen LogP) is 3.70. The second-order valence-corrected chi connectivity index (χ2v) is 7.55. The van der Waals surface area contributed by atoms with Crippen molar-refractivity contribution in [3.05, 3.63) is 58.6 Å². The van der Waals surface area contributed by atoms with Crippen LogP contribution >= 0.6 is 11.3 Å². The third-order valence-corrected chi connectivity index (χ3v) is 5.89. The van der Waals surface area contributed by atoms with Crippen LogP contribution in [-0.2, 0) is 9.47 Å². The van der Waals surface area contributed by atoms with E-state index in [1.54, 1.807) is 30.5 Å². The molecule has 1 unspecified atom stereocenters. The minimum Gasteiger partial charge on any atom is -0.494 e. The van der Waals surface area contributed by atoms with Gasteiger partial charge in [-0.3, -0.25) is 9.89 Å². The fourth-order valence-electron chi connectivity index (χ4n) is 3.65. The number of hydrogen-bond acceptors (Lipinski definition) is 6. The van der Waals surface area contributed by atoms with E-state index in [2.05, 4.69) is 10.2 Å². The lowest BCUT2D eigenvalue weighted by Crippen LogP contribution is -2.38. The maximum atomic E-state index is 13.2. The number of ether oxygens (including phenoxy) is 3. The lowest BCUT2D eigenvalue weighted by atomic mass is 9.98. The first-order valence-electron chi connectivity index (χ1n) is 9.39. The second-order valence-electron chi connectivity index (χ2n) is 6.60. The zero-order valence-corrected chi connectivity index (χ0v) is 17.4. The summed E-state index contributed by atoms with van der Waals surface area (Å²) in [5, 5.41) is 9.43. The van der Waals surface area contributed by atoms with E-state index in [1.165, 1.54) is 0 Å². The van der Waals surface area contributed by atoms with Crippen molar-refractivity contribution >= 4 is 17.2 Å². The van der Waals surface area contributed by atoms with Gasteiger partial charge in [0.05, 0.1) is 29.8 Å². The number of hydrogen-bond donors (Lipinski definition) is 1. The van der Waals surface area contributed by atoms with Crippen LogP contribution in [0.15, 0.2) is 41.8 Å². The smallest absolute Gasteiger partial charge is 0.275 e. The van der Waals surface area contributed by atoms with Crippen molar-refractivity contribution in [2.45, 2.75) is 19.3 Å². The van der Waals surface area contributed by atoms with Crippen LogP contribution in [0.25, 0.3) is 10.6 Å². The molecule has 1 amide bonds. The van der Waals surface area contributed by atoms with E-state index in [1.807, 2.05) is 48.7 Å². The topological polar surface area (TPSA) is 76.7 Å². The second kappa shape index (κ2) is 8.36. The number of thiophene rings is 1. The Labute approximate surface area is 173 Å². The van der Waals surface area contributed by atoms with Crippen LogP contribution in [0.5, 0.6) is 5.75 Å². The maximum Gasteiger partial charge on any atom is 0.275 e. The van der Waals surface area contributed by atoms with Gasteiger partial charge in [0.2, 0.25) is 0 Å². The summed E-state index contributed by atoms with van der Waals surface area (Å²) >= 11 is 1.61. The molecule has 4 rings (SSSR count). The number of carbonyl (C=O) groups excluding carboxylic acids is 1. The highest BCUT2D eigenvalue weighted by atomic mass is 32.1. The summed E-state index contributed by atoms with van der Waals surface area (Å²) in [7, 11) is 3.13. The van der Waals surface area contributed by atoms with E-state index >= 15 is 0 Å². The fraction of sp³-hybridized carbons (Fsp3) is 0.333. The molecule has 0 saturated heterocycles. The molecular formula is C21H23N3O4S. The van der Waals surface area contributed by atoms with E-state index in [4.69, 9.17) is 14.2 Å². The summed E-state index contributed by atoms with van der Waals surface area (Å²) in [5.74, 6) is 0.654. The minimum absolute atomic E-state index is 0.142. The molecule has 0 bridgehead atoms. The van der Waals surface area contributed by atoms with Gasteiger partial charge in [-0.2, -0.15) is 5.10 Å². The standard InChI is InChI=1S/C21H23N3O4S/c1-4-28-14-9-7-13(8-10-14)20-17-18(15-6-5-11-29-15)22-23-19(17)21(25)24(20)12-16(26-2)27-3/h5-11,16,20H,4,12H2,1-3H3,(H,22,23). The van der Waals surface area contributed by atoms with Crippen molar-refractivity contribution in [3.8, 4) is 16.3 Å². The van der Waals surface area contributed by atoms with Crippen LogP contribution in [0.2, 0.25) is 0 Å². The third-order valence-electron chi connectivity index (χ3n) is 5.00. The molecule has 0 fully saturated rings. The van der Waals surface area contributed by atoms with Crippen LogP contribution in [0, 0.1) is 0 Å². The third kappa shape index (κ3) is 3.55. The molecule has 1 aliphatic rings. The Morgan fingerprint density at radius 3 is 2.59 bits per heavy atom. The number of aromatic amines is 1. The Kier molecular flexibility index (Phi) is 5.66. The van der Waals surface area contributed by atoms with E-state index in [-0.39, 0.29) is 11.9 Å². The highest BCUT2D eigenvalue weighted by Gasteiger charge is 2.43. The highest BCUT2D eigenvalue weighted by molar-refractivity contribution is 7.13. The molecule has 152 valence electrons. The summed E-state index contributed by atoms with van der Waals surface area (Å²) < 4.78 is 16.3. The first-order valence-corrected chi connectivity index (χ1v) is 10.3. The van der Waals surface area contributed by atoms with Crippen LogP contribution in [0.3, 0.4) is 0 Å². The lowest BCUT2D eigenvalue weighted by Gasteiger charge is -2.29. The molecule has 3 aromatic rings. The molecule has 8 heteroatoms. The number of nitrogens with zero attached hydrogens (tertiary/aromatic N) is 2. The van der Waals surface area contributed by atoms with Crippen LogP contribution < -0.4 is 4.74 Å². The van der Waals surface area contributed by atoms with Gasteiger partial charge >= 0.3 is 0 Å². The fourth-order valence-corrected chi connectivity index (χ4v) is 4.39. The molecule has 1 N–H and O–H groups in total. The zero-order valence-electron chi connectivity index (χ0n) is 16.5. The number of benzene rings is 1. The van der Waals surface area contributed by atoms with Crippen LogP contribution in [0.1, 0.15) is 34.6 Å². The Bertz CT molecular complexity index is 964. The number of nitrogens with one attached hydrogen (secondary N) is 1. The Morgan fingerprint density at radius 1 is 1.21 bits per heavy atom. The molecule has 7 nitrogen and oxygen atoms in total. The Morgan fingerprint density at radius 2 is 1.97 bits per heavy atom. The number of aromatic nitrogens is 2. The molecule has 3 heterocycles. The van der Waals surface area contributed by atoms with E-state index < -0.39 is 6.29 Å². The normalized spacial score (nSPS) is 15.9. The van der Waals surface area contributed by atoms with Crippen molar-refractivity contribution in [2.75, 3.05) is 27.4 Å². The number of carbonyl (C=O) groups is 1. The summed E-state index contributed by atoms with van der Waals surface area (Å²) in [6.45, 7) is 2.85. The van der Waals surface area contributed by atoms with Crippen LogP contribution in [0.4, 0.5) is 0 Å². The largest absolute Gasteiger partial charge is 0.494 e.